The molecule has 0 amide bonds. The molecule has 0 aliphatic rings. The maximum atomic E-state index is 12.9. The van der Waals surface area contributed by atoms with Crippen LogP contribution >= 0.6 is 0 Å². The van der Waals surface area contributed by atoms with E-state index in [9.17, 15) is 14.4 Å². The summed E-state index contributed by atoms with van der Waals surface area (Å²) in [5.41, 5.74) is 0. The SMILES string of the molecule is CC\C=C/C=C\C=C/C=C\CCCCCCCC(=O)OCC(COC(=O)CCCCCCCC/C=C\C/C=C\C/C=C\C/C=C\CC)OC(=O)CCCCCCCCCCC/C=C\C/C=C\C/C=C\CC. The molecule has 1 atom stereocenters. The monoisotopic (exact) mass is 981 g/mol. The quantitative estimate of drug-likeness (QED) is 0.0199. The van der Waals surface area contributed by atoms with E-state index >= 15 is 0 Å². The lowest BCUT2D eigenvalue weighted by atomic mass is 10.1. The lowest BCUT2D eigenvalue weighted by Gasteiger charge is -2.18. The molecule has 0 radical (unpaired) electrons. The van der Waals surface area contributed by atoms with Crippen molar-refractivity contribution in [2.45, 2.75) is 245 Å². The van der Waals surface area contributed by atoms with Crippen molar-refractivity contribution < 1.29 is 28.6 Å². The minimum atomic E-state index is -0.803. The summed E-state index contributed by atoms with van der Waals surface area (Å²) in [4.78, 5) is 38.2. The fourth-order valence-corrected chi connectivity index (χ4v) is 7.52. The number of hydrogen-bond donors (Lipinski definition) is 0. The summed E-state index contributed by atoms with van der Waals surface area (Å²) in [5.74, 6) is -0.945. The van der Waals surface area contributed by atoms with Crippen LogP contribution in [0.3, 0.4) is 0 Å². The van der Waals surface area contributed by atoms with Gasteiger partial charge in [0.2, 0.25) is 0 Å². The molecule has 0 aromatic carbocycles. The standard InChI is InChI=1S/C65H104O6/c1-4-7-10-13-16-19-22-25-28-30-32-34-37-40-43-46-49-52-55-58-64(67)70-61-62(60-69-63(66)57-54-51-48-45-42-39-36-27-24-21-18-15-12-9-6-3)71-65(68)59-56-53-50-47-44-41-38-35-33-31-29-26-23-20-17-14-11-8-5-2/h7-12,15-21,24-29,32,34,36,62H,4-6,13-14,22-23,30-31,33,35,37-61H2,1-3H3/b10-7-,11-8-,12-9-,18-15-,19-16-,20-17-,24-21-,28-25-,29-26-,34-32-,36-27-. The van der Waals surface area contributed by atoms with Crippen molar-refractivity contribution in [2.24, 2.45) is 0 Å². The fourth-order valence-electron chi connectivity index (χ4n) is 7.52. The number of unbranched alkanes of at least 4 members (excludes halogenated alkanes) is 20. The average Bonchev–Trinajstić information content (AvgIpc) is 3.37. The Morgan fingerprint density at radius 2 is 0.577 bits per heavy atom. The van der Waals surface area contributed by atoms with Crippen molar-refractivity contribution in [3.63, 3.8) is 0 Å². The van der Waals surface area contributed by atoms with Crippen molar-refractivity contribution in [2.75, 3.05) is 13.2 Å². The molecule has 0 N–H and O–H groups in total. The van der Waals surface area contributed by atoms with Crippen LogP contribution in [-0.4, -0.2) is 37.2 Å². The topological polar surface area (TPSA) is 78.9 Å². The highest BCUT2D eigenvalue weighted by Crippen LogP contribution is 2.15. The van der Waals surface area contributed by atoms with Gasteiger partial charge in [-0.1, -0.05) is 244 Å². The van der Waals surface area contributed by atoms with Crippen LogP contribution in [0, 0.1) is 0 Å². The Kier molecular flexibility index (Phi) is 54.5. The van der Waals surface area contributed by atoms with Gasteiger partial charge in [-0.25, -0.2) is 0 Å². The second-order valence-corrected chi connectivity index (χ2v) is 18.5. The van der Waals surface area contributed by atoms with Crippen LogP contribution in [0.4, 0.5) is 0 Å². The zero-order chi connectivity index (χ0) is 51.4. The zero-order valence-corrected chi connectivity index (χ0v) is 45.7. The molecule has 0 aromatic heterocycles. The molecule has 0 aromatic rings. The summed E-state index contributed by atoms with van der Waals surface area (Å²) in [5, 5.41) is 0. The maximum absolute atomic E-state index is 12.9. The summed E-state index contributed by atoms with van der Waals surface area (Å²) in [6.45, 7) is 6.24. The van der Waals surface area contributed by atoms with E-state index in [-0.39, 0.29) is 31.1 Å². The summed E-state index contributed by atoms with van der Waals surface area (Å²) >= 11 is 0. The number of hydrogen-bond acceptors (Lipinski definition) is 6. The van der Waals surface area contributed by atoms with Gasteiger partial charge >= 0.3 is 17.9 Å². The highest BCUT2D eigenvalue weighted by atomic mass is 16.6. The van der Waals surface area contributed by atoms with Crippen molar-refractivity contribution >= 4 is 17.9 Å². The van der Waals surface area contributed by atoms with Crippen molar-refractivity contribution in [1.29, 1.82) is 0 Å². The van der Waals surface area contributed by atoms with E-state index in [4.69, 9.17) is 14.2 Å². The number of esters is 3. The van der Waals surface area contributed by atoms with Gasteiger partial charge < -0.3 is 14.2 Å². The molecule has 0 heterocycles. The molecule has 0 bridgehead atoms. The molecule has 0 fully saturated rings. The highest BCUT2D eigenvalue weighted by molar-refractivity contribution is 5.71. The minimum absolute atomic E-state index is 0.1000. The number of carbonyl (C=O) groups excluding carboxylic acids is 3. The molecule has 0 saturated carbocycles. The molecule has 400 valence electrons. The van der Waals surface area contributed by atoms with Gasteiger partial charge in [0.1, 0.15) is 13.2 Å². The largest absolute Gasteiger partial charge is 0.462 e. The third kappa shape index (κ3) is 56.3. The number of allylic oxidation sites excluding steroid dienone is 22. The van der Waals surface area contributed by atoms with Gasteiger partial charge in [0, 0.05) is 19.3 Å². The number of ether oxygens (including phenoxy) is 3. The third-order valence-corrected chi connectivity index (χ3v) is 11.7. The van der Waals surface area contributed by atoms with Crippen LogP contribution < -0.4 is 0 Å². The van der Waals surface area contributed by atoms with E-state index in [1.165, 1.54) is 51.4 Å². The Labute approximate surface area is 436 Å². The Balaban J connectivity index is 4.47. The normalized spacial score (nSPS) is 13.1. The van der Waals surface area contributed by atoms with E-state index in [0.29, 0.717) is 19.3 Å². The van der Waals surface area contributed by atoms with Gasteiger partial charge in [-0.05, 0) is 109 Å². The Bertz CT molecular complexity index is 1550. The Morgan fingerprint density at radius 1 is 0.296 bits per heavy atom. The second-order valence-electron chi connectivity index (χ2n) is 18.5. The lowest BCUT2D eigenvalue weighted by Crippen LogP contribution is -2.30. The van der Waals surface area contributed by atoms with E-state index in [2.05, 4.69) is 136 Å². The molecule has 6 heteroatoms. The summed E-state index contributed by atoms with van der Waals surface area (Å²) in [6, 6.07) is 0. The third-order valence-electron chi connectivity index (χ3n) is 11.7. The first-order valence-corrected chi connectivity index (χ1v) is 28.7. The van der Waals surface area contributed by atoms with Gasteiger partial charge in [0.25, 0.3) is 0 Å². The maximum Gasteiger partial charge on any atom is 0.306 e. The molecule has 0 aliphatic carbocycles. The molecule has 0 saturated heterocycles. The van der Waals surface area contributed by atoms with Crippen molar-refractivity contribution in [3.05, 3.63) is 134 Å². The first-order chi connectivity index (χ1) is 35.0. The first kappa shape index (κ1) is 66.6. The van der Waals surface area contributed by atoms with Gasteiger partial charge in [-0.2, -0.15) is 0 Å². The van der Waals surface area contributed by atoms with Crippen LogP contribution in [0.1, 0.15) is 239 Å². The summed E-state index contributed by atoms with van der Waals surface area (Å²) in [6.07, 6.45) is 81.5. The van der Waals surface area contributed by atoms with Crippen LogP contribution in [-0.2, 0) is 28.6 Å². The van der Waals surface area contributed by atoms with E-state index in [0.717, 1.165) is 148 Å². The summed E-state index contributed by atoms with van der Waals surface area (Å²) < 4.78 is 16.8. The van der Waals surface area contributed by atoms with Crippen LogP contribution in [0.25, 0.3) is 0 Å². The molecule has 71 heavy (non-hydrogen) atoms. The smallest absolute Gasteiger partial charge is 0.306 e. The van der Waals surface area contributed by atoms with Gasteiger partial charge in [-0.3, -0.25) is 14.4 Å². The summed E-state index contributed by atoms with van der Waals surface area (Å²) in [7, 11) is 0. The van der Waals surface area contributed by atoms with E-state index in [1.807, 2.05) is 18.2 Å². The van der Waals surface area contributed by atoms with Crippen LogP contribution in [0.5, 0.6) is 0 Å². The molecular weight excluding hydrogens is 877 g/mol. The Hall–Kier alpha value is -4.45. The molecule has 0 rings (SSSR count). The predicted molar refractivity (Wildman–Crippen MR) is 306 cm³/mol. The molecule has 1 unspecified atom stereocenters. The van der Waals surface area contributed by atoms with Gasteiger partial charge in [0.15, 0.2) is 6.10 Å². The molecule has 6 nitrogen and oxygen atoms in total. The lowest BCUT2D eigenvalue weighted by molar-refractivity contribution is -0.167. The molecule has 0 spiro atoms. The number of rotatable bonds is 50. The predicted octanol–water partition coefficient (Wildman–Crippen LogP) is 19.4. The van der Waals surface area contributed by atoms with Crippen molar-refractivity contribution in [3.8, 4) is 0 Å². The second kappa shape index (κ2) is 58.1. The van der Waals surface area contributed by atoms with E-state index in [1.54, 1.807) is 0 Å². The zero-order valence-electron chi connectivity index (χ0n) is 45.7. The van der Waals surface area contributed by atoms with Crippen molar-refractivity contribution in [1.82, 2.24) is 0 Å². The van der Waals surface area contributed by atoms with Crippen LogP contribution in [0.2, 0.25) is 0 Å². The highest BCUT2D eigenvalue weighted by Gasteiger charge is 2.19. The van der Waals surface area contributed by atoms with Gasteiger partial charge in [0.05, 0.1) is 0 Å². The fraction of sp³-hybridized carbons (Fsp3) is 0.615. The molecular formula is C65H104O6. The average molecular weight is 982 g/mol. The van der Waals surface area contributed by atoms with Crippen LogP contribution in [0.15, 0.2) is 134 Å². The van der Waals surface area contributed by atoms with Gasteiger partial charge in [-0.15, -0.1) is 0 Å². The first-order valence-electron chi connectivity index (χ1n) is 28.7. The minimum Gasteiger partial charge on any atom is -0.462 e. The van der Waals surface area contributed by atoms with E-state index < -0.39 is 6.10 Å². The molecule has 0 aliphatic heterocycles. The number of carbonyl (C=O) groups is 3. The Morgan fingerprint density at radius 3 is 0.958 bits per heavy atom.